The van der Waals surface area contributed by atoms with E-state index in [2.05, 4.69) is 9.97 Å². The molecule has 2 aromatic heterocycles. The van der Waals surface area contributed by atoms with Crippen molar-refractivity contribution in [1.82, 2.24) is 14.5 Å². The average Bonchev–Trinajstić information content (AvgIpc) is 2.43. The van der Waals surface area contributed by atoms with Gasteiger partial charge in [-0.05, 0) is 25.5 Å². The van der Waals surface area contributed by atoms with E-state index < -0.39 is 0 Å². The monoisotopic (exact) mass is 176 g/mol. The Labute approximate surface area is 76.4 Å². The van der Waals surface area contributed by atoms with Gasteiger partial charge in [-0.1, -0.05) is 0 Å². The molecule has 0 saturated carbocycles. The Balaban J connectivity index is 2.86. The number of pyridine rings is 1. The molecule has 4 heteroatoms. The largest absolute Gasteiger partial charge is 0.369 e. The van der Waals surface area contributed by atoms with E-state index in [9.17, 15) is 0 Å². The highest BCUT2D eigenvalue weighted by Crippen LogP contribution is 2.17. The highest BCUT2D eigenvalue weighted by Gasteiger charge is 2.08. The van der Waals surface area contributed by atoms with Gasteiger partial charge in [0.1, 0.15) is 5.52 Å². The highest BCUT2D eigenvalue weighted by atomic mass is 15.2. The molecule has 0 aliphatic rings. The smallest absolute Gasteiger partial charge is 0.202 e. The van der Waals surface area contributed by atoms with Gasteiger partial charge in [-0.2, -0.15) is 0 Å². The Morgan fingerprint density at radius 3 is 3.00 bits per heavy atom. The molecule has 2 rings (SSSR count). The fraction of sp³-hybridized carbons (Fsp3) is 0.333. The number of rotatable bonds is 1. The summed E-state index contributed by atoms with van der Waals surface area (Å²) in [5.41, 5.74) is 8.64. The normalized spacial score (nSPS) is 10.9. The molecule has 0 fully saturated rings. The molecule has 0 atom stereocenters. The van der Waals surface area contributed by atoms with Crippen molar-refractivity contribution in [2.45, 2.75) is 20.4 Å². The Morgan fingerprint density at radius 2 is 2.31 bits per heavy atom. The van der Waals surface area contributed by atoms with Crippen LogP contribution in [0.4, 0.5) is 5.95 Å². The molecule has 4 nitrogen and oxygen atoms in total. The van der Waals surface area contributed by atoms with E-state index in [4.69, 9.17) is 5.73 Å². The Hall–Kier alpha value is -1.58. The number of nitrogens with zero attached hydrogens (tertiary/aromatic N) is 3. The van der Waals surface area contributed by atoms with E-state index in [0.29, 0.717) is 5.95 Å². The molecular weight excluding hydrogens is 164 g/mol. The molecule has 0 saturated heterocycles. The topological polar surface area (TPSA) is 56.7 Å². The number of fused-ring (bicyclic) bond motifs is 1. The van der Waals surface area contributed by atoms with E-state index >= 15 is 0 Å². The maximum Gasteiger partial charge on any atom is 0.202 e. The minimum Gasteiger partial charge on any atom is -0.369 e. The third-order valence-electron chi connectivity index (χ3n) is 2.18. The van der Waals surface area contributed by atoms with Crippen molar-refractivity contribution < 1.29 is 0 Å². The second kappa shape index (κ2) is 2.73. The molecular formula is C9H12N4. The molecule has 68 valence electrons. The van der Waals surface area contributed by atoms with Crippen molar-refractivity contribution in [3.8, 4) is 0 Å². The van der Waals surface area contributed by atoms with Gasteiger partial charge in [-0.15, -0.1) is 0 Å². The van der Waals surface area contributed by atoms with Crippen LogP contribution in [0.15, 0.2) is 12.3 Å². The zero-order chi connectivity index (χ0) is 9.42. The third kappa shape index (κ3) is 1.06. The van der Waals surface area contributed by atoms with Gasteiger partial charge in [0, 0.05) is 12.7 Å². The van der Waals surface area contributed by atoms with E-state index in [1.165, 1.54) is 0 Å². The molecule has 0 spiro atoms. The number of nitrogens with two attached hydrogens (primary N) is 1. The van der Waals surface area contributed by atoms with Gasteiger partial charge >= 0.3 is 0 Å². The minimum atomic E-state index is 0.541. The van der Waals surface area contributed by atoms with Crippen LogP contribution in [-0.2, 0) is 6.54 Å². The summed E-state index contributed by atoms with van der Waals surface area (Å²) in [7, 11) is 0. The summed E-state index contributed by atoms with van der Waals surface area (Å²) in [6.45, 7) is 4.84. The number of imidazole rings is 1. The van der Waals surface area contributed by atoms with Crippen molar-refractivity contribution in [1.29, 1.82) is 0 Å². The molecule has 2 N–H and O–H groups in total. The molecule has 2 aromatic rings. The standard InChI is InChI=1S/C9H12N4/c1-3-13-8-7(12-9(13)10)6(2)4-5-11-8/h4-5H,3H2,1-2H3,(H2,10,12). The van der Waals surface area contributed by atoms with Crippen LogP contribution in [0, 0.1) is 6.92 Å². The minimum absolute atomic E-state index is 0.541. The zero-order valence-electron chi connectivity index (χ0n) is 7.78. The lowest BCUT2D eigenvalue weighted by Gasteiger charge is -1.99. The van der Waals surface area contributed by atoms with Crippen LogP contribution in [0.25, 0.3) is 11.2 Å². The number of hydrogen-bond donors (Lipinski definition) is 1. The zero-order valence-corrected chi connectivity index (χ0v) is 7.78. The van der Waals surface area contributed by atoms with E-state index in [1.54, 1.807) is 6.20 Å². The maximum atomic E-state index is 5.74. The number of hydrogen-bond acceptors (Lipinski definition) is 3. The summed E-state index contributed by atoms with van der Waals surface area (Å²) in [6, 6.07) is 1.94. The molecule has 13 heavy (non-hydrogen) atoms. The fourth-order valence-electron chi connectivity index (χ4n) is 1.47. The summed E-state index contributed by atoms with van der Waals surface area (Å²) >= 11 is 0. The summed E-state index contributed by atoms with van der Waals surface area (Å²) in [5, 5.41) is 0. The van der Waals surface area contributed by atoms with Gasteiger partial charge in [-0.25, -0.2) is 9.97 Å². The molecule has 0 aromatic carbocycles. The van der Waals surface area contributed by atoms with E-state index in [0.717, 1.165) is 23.3 Å². The SMILES string of the molecule is CCn1c(N)nc2c(C)ccnc21. The first-order chi connectivity index (χ1) is 6.24. The summed E-state index contributed by atoms with van der Waals surface area (Å²) in [4.78, 5) is 8.52. The van der Waals surface area contributed by atoms with Crippen LogP contribution in [0.3, 0.4) is 0 Å². The van der Waals surface area contributed by atoms with Crippen molar-refractivity contribution in [3.05, 3.63) is 17.8 Å². The van der Waals surface area contributed by atoms with E-state index in [1.807, 2.05) is 24.5 Å². The lowest BCUT2D eigenvalue weighted by Crippen LogP contribution is -2.01. The lowest BCUT2D eigenvalue weighted by molar-refractivity contribution is 0.791. The molecule has 0 aliphatic heterocycles. The first-order valence-corrected chi connectivity index (χ1v) is 4.31. The van der Waals surface area contributed by atoms with Gasteiger partial charge in [0.05, 0.1) is 0 Å². The van der Waals surface area contributed by atoms with Crippen molar-refractivity contribution in [2.24, 2.45) is 0 Å². The fourth-order valence-corrected chi connectivity index (χ4v) is 1.47. The van der Waals surface area contributed by atoms with Crippen molar-refractivity contribution in [2.75, 3.05) is 5.73 Å². The Bertz CT molecular complexity index is 444. The predicted octanol–water partition coefficient (Wildman–Crippen LogP) is 1.34. The number of aryl methyl sites for hydroxylation is 2. The van der Waals surface area contributed by atoms with Gasteiger partial charge < -0.3 is 5.73 Å². The van der Waals surface area contributed by atoms with Gasteiger partial charge in [0.15, 0.2) is 5.65 Å². The Morgan fingerprint density at radius 1 is 1.54 bits per heavy atom. The van der Waals surface area contributed by atoms with Crippen LogP contribution in [-0.4, -0.2) is 14.5 Å². The second-order valence-electron chi connectivity index (χ2n) is 3.01. The Kier molecular flexibility index (Phi) is 1.69. The van der Waals surface area contributed by atoms with Gasteiger partial charge in [-0.3, -0.25) is 4.57 Å². The highest BCUT2D eigenvalue weighted by molar-refractivity contribution is 5.77. The van der Waals surface area contributed by atoms with Crippen LogP contribution in [0.2, 0.25) is 0 Å². The van der Waals surface area contributed by atoms with Gasteiger partial charge in [0.2, 0.25) is 5.95 Å². The van der Waals surface area contributed by atoms with Crippen LogP contribution < -0.4 is 5.73 Å². The number of anilines is 1. The second-order valence-corrected chi connectivity index (χ2v) is 3.01. The van der Waals surface area contributed by atoms with Gasteiger partial charge in [0.25, 0.3) is 0 Å². The molecule has 0 aliphatic carbocycles. The molecule has 0 bridgehead atoms. The van der Waals surface area contributed by atoms with E-state index in [-0.39, 0.29) is 0 Å². The number of aromatic nitrogens is 3. The number of nitrogen functional groups attached to an aromatic ring is 1. The summed E-state index contributed by atoms with van der Waals surface area (Å²) in [6.07, 6.45) is 1.78. The molecule has 2 heterocycles. The lowest BCUT2D eigenvalue weighted by atomic mass is 10.3. The van der Waals surface area contributed by atoms with Crippen molar-refractivity contribution in [3.63, 3.8) is 0 Å². The quantitative estimate of drug-likeness (QED) is 0.713. The molecule has 0 radical (unpaired) electrons. The summed E-state index contributed by atoms with van der Waals surface area (Å²) < 4.78 is 1.91. The molecule has 0 unspecified atom stereocenters. The van der Waals surface area contributed by atoms with Crippen molar-refractivity contribution >= 4 is 17.1 Å². The van der Waals surface area contributed by atoms with Crippen LogP contribution in [0.1, 0.15) is 12.5 Å². The average molecular weight is 176 g/mol. The molecule has 0 amide bonds. The van der Waals surface area contributed by atoms with Crippen LogP contribution in [0.5, 0.6) is 0 Å². The van der Waals surface area contributed by atoms with Crippen LogP contribution >= 0.6 is 0 Å². The summed E-state index contributed by atoms with van der Waals surface area (Å²) in [5.74, 6) is 0.541. The first kappa shape index (κ1) is 8.04. The maximum absolute atomic E-state index is 5.74. The predicted molar refractivity (Wildman–Crippen MR) is 52.4 cm³/mol. The third-order valence-corrected chi connectivity index (χ3v) is 2.18. The first-order valence-electron chi connectivity index (χ1n) is 4.31.